The highest BCUT2D eigenvalue weighted by molar-refractivity contribution is 5.70. The fourth-order valence-corrected chi connectivity index (χ4v) is 1.89. The highest BCUT2D eigenvalue weighted by Gasteiger charge is 2.08. The first-order valence-electron chi connectivity index (χ1n) is 6.63. The van der Waals surface area contributed by atoms with Gasteiger partial charge in [-0.1, -0.05) is 13.0 Å². The van der Waals surface area contributed by atoms with Gasteiger partial charge >= 0.3 is 0 Å². The first kappa shape index (κ1) is 14.7. The van der Waals surface area contributed by atoms with Gasteiger partial charge in [0, 0.05) is 23.5 Å². The molecule has 0 fully saturated rings. The normalized spacial score (nSPS) is 9.95. The number of benzene rings is 2. The Kier molecular flexibility index (Phi) is 4.62. The molecule has 0 radical (unpaired) electrons. The molecule has 4 nitrogen and oxygen atoms in total. The van der Waals surface area contributed by atoms with E-state index in [4.69, 9.17) is 15.7 Å². The second-order valence-electron chi connectivity index (χ2n) is 4.54. The Morgan fingerprint density at radius 3 is 2.86 bits per heavy atom. The summed E-state index contributed by atoms with van der Waals surface area (Å²) in [5.74, 6) is 0.0723. The standard InChI is InChI=1S/C16H16FN3O/c1-2-6-21-13-8-11(19)7-12(9-13)20-16-5-3-4-15(17)14(16)10-18/h3-5,7-9,20H,2,6,19H2,1H3. The first-order chi connectivity index (χ1) is 10.1. The summed E-state index contributed by atoms with van der Waals surface area (Å²) in [6.07, 6.45) is 0.889. The van der Waals surface area contributed by atoms with Crippen LogP contribution in [0.25, 0.3) is 0 Å². The van der Waals surface area contributed by atoms with E-state index in [1.807, 2.05) is 13.0 Å². The van der Waals surface area contributed by atoms with Crippen molar-refractivity contribution in [2.45, 2.75) is 13.3 Å². The van der Waals surface area contributed by atoms with Crippen molar-refractivity contribution in [3.05, 3.63) is 47.8 Å². The van der Waals surface area contributed by atoms with Crippen LogP contribution < -0.4 is 15.8 Å². The van der Waals surface area contributed by atoms with E-state index < -0.39 is 5.82 Å². The van der Waals surface area contributed by atoms with Crippen LogP contribution in [0, 0.1) is 17.1 Å². The highest BCUT2D eigenvalue weighted by atomic mass is 19.1. The molecule has 0 saturated heterocycles. The van der Waals surface area contributed by atoms with Crippen LogP contribution in [0.2, 0.25) is 0 Å². The van der Waals surface area contributed by atoms with Gasteiger partial charge in [-0.3, -0.25) is 0 Å². The van der Waals surface area contributed by atoms with Crippen LogP contribution in [0.1, 0.15) is 18.9 Å². The van der Waals surface area contributed by atoms with Crippen molar-refractivity contribution >= 4 is 17.1 Å². The Bertz CT molecular complexity index is 680. The van der Waals surface area contributed by atoms with Gasteiger partial charge < -0.3 is 15.8 Å². The molecule has 0 saturated carbocycles. The molecule has 0 aromatic heterocycles. The minimum absolute atomic E-state index is 0.0315. The maximum absolute atomic E-state index is 13.6. The third-order valence-electron chi connectivity index (χ3n) is 2.81. The topological polar surface area (TPSA) is 71.1 Å². The average Bonchev–Trinajstić information content (AvgIpc) is 2.45. The van der Waals surface area contributed by atoms with Gasteiger partial charge in [0.05, 0.1) is 12.3 Å². The molecule has 21 heavy (non-hydrogen) atoms. The van der Waals surface area contributed by atoms with Crippen molar-refractivity contribution in [3.8, 4) is 11.8 Å². The van der Waals surface area contributed by atoms with E-state index in [-0.39, 0.29) is 5.56 Å². The molecular weight excluding hydrogens is 269 g/mol. The van der Waals surface area contributed by atoms with Crippen molar-refractivity contribution < 1.29 is 9.13 Å². The number of hydrogen-bond donors (Lipinski definition) is 2. The average molecular weight is 285 g/mol. The van der Waals surface area contributed by atoms with E-state index in [1.54, 1.807) is 30.3 Å². The van der Waals surface area contributed by atoms with Gasteiger partial charge in [-0.15, -0.1) is 0 Å². The zero-order chi connectivity index (χ0) is 15.2. The lowest BCUT2D eigenvalue weighted by Gasteiger charge is -2.12. The van der Waals surface area contributed by atoms with Crippen LogP contribution in [0.3, 0.4) is 0 Å². The van der Waals surface area contributed by atoms with Gasteiger partial charge in [-0.25, -0.2) is 4.39 Å². The summed E-state index contributed by atoms with van der Waals surface area (Å²) in [5, 5.41) is 12.0. The summed E-state index contributed by atoms with van der Waals surface area (Å²) < 4.78 is 19.1. The molecule has 2 rings (SSSR count). The number of anilines is 3. The lowest BCUT2D eigenvalue weighted by atomic mass is 10.1. The van der Waals surface area contributed by atoms with Crippen molar-refractivity contribution in [2.75, 3.05) is 17.7 Å². The van der Waals surface area contributed by atoms with Gasteiger partial charge in [0.2, 0.25) is 0 Å². The van der Waals surface area contributed by atoms with Crippen LogP contribution in [0.5, 0.6) is 5.75 Å². The van der Waals surface area contributed by atoms with Crippen molar-refractivity contribution in [1.29, 1.82) is 5.26 Å². The van der Waals surface area contributed by atoms with Crippen molar-refractivity contribution in [3.63, 3.8) is 0 Å². The molecule has 0 spiro atoms. The summed E-state index contributed by atoms with van der Waals surface area (Å²) in [4.78, 5) is 0. The predicted octanol–water partition coefficient (Wildman–Crippen LogP) is 3.81. The Morgan fingerprint density at radius 1 is 1.33 bits per heavy atom. The van der Waals surface area contributed by atoms with Gasteiger partial charge in [-0.05, 0) is 24.6 Å². The van der Waals surface area contributed by atoms with Crippen molar-refractivity contribution in [2.24, 2.45) is 0 Å². The second-order valence-corrected chi connectivity index (χ2v) is 4.54. The number of nitriles is 1. The Hall–Kier alpha value is -2.74. The molecule has 3 N–H and O–H groups in total. The van der Waals surface area contributed by atoms with E-state index in [2.05, 4.69) is 5.32 Å². The molecule has 2 aromatic rings. The fourth-order valence-electron chi connectivity index (χ4n) is 1.89. The Labute approximate surface area is 123 Å². The lowest BCUT2D eigenvalue weighted by Crippen LogP contribution is -2.00. The summed E-state index contributed by atoms with van der Waals surface area (Å²) >= 11 is 0. The Morgan fingerprint density at radius 2 is 2.14 bits per heavy atom. The van der Waals surface area contributed by atoms with Crippen LogP contribution in [-0.4, -0.2) is 6.61 Å². The highest BCUT2D eigenvalue weighted by Crippen LogP contribution is 2.27. The van der Waals surface area contributed by atoms with Gasteiger partial charge in [-0.2, -0.15) is 5.26 Å². The van der Waals surface area contributed by atoms with E-state index in [1.165, 1.54) is 6.07 Å². The minimum atomic E-state index is -0.561. The number of halogens is 1. The molecule has 5 heteroatoms. The fraction of sp³-hybridized carbons (Fsp3) is 0.188. The predicted molar refractivity (Wildman–Crippen MR) is 81.0 cm³/mol. The number of nitrogens with two attached hydrogens (primary N) is 1. The Balaban J connectivity index is 2.30. The van der Waals surface area contributed by atoms with Gasteiger partial charge in [0.1, 0.15) is 23.2 Å². The van der Waals surface area contributed by atoms with E-state index in [0.717, 1.165) is 6.42 Å². The molecular formula is C16H16FN3O. The molecule has 0 heterocycles. The summed E-state index contributed by atoms with van der Waals surface area (Å²) in [6.45, 7) is 2.60. The number of hydrogen-bond acceptors (Lipinski definition) is 4. The molecule has 0 aliphatic rings. The summed E-state index contributed by atoms with van der Waals surface area (Å²) in [7, 11) is 0. The number of nitrogens with one attached hydrogen (secondary N) is 1. The smallest absolute Gasteiger partial charge is 0.143 e. The zero-order valence-corrected chi connectivity index (χ0v) is 11.7. The number of nitrogen functional groups attached to an aromatic ring is 1. The second kappa shape index (κ2) is 6.62. The van der Waals surface area contributed by atoms with Crippen molar-refractivity contribution in [1.82, 2.24) is 0 Å². The lowest BCUT2D eigenvalue weighted by molar-refractivity contribution is 0.318. The molecule has 0 atom stereocenters. The molecule has 2 aromatic carbocycles. The molecule has 0 unspecified atom stereocenters. The minimum Gasteiger partial charge on any atom is -0.493 e. The number of ether oxygens (including phenoxy) is 1. The van der Waals surface area contributed by atoms with E-state index in [0.29, 0.717) is 29.4 Å². The molecule has 0 aliphatic heterocycles. The largest absolute Gasteiger partial charge is 0.493 e. The van der Waals surface area contributed by atoms with E-state index >= 15 is 0 Å². The molecule has 0 amide bonds. The third-order valence-corrected chi connectivity index (χ3v) is 2.81. The van der Waals surface area contributed by atoms with Crippen LogP contribution in [-0.2, 0) is 0 Å². The van der Waals surface area contributed by atoms with Gasteiger partial charge in [0.15, 0.2) is 0 Å². The zero-order valence-electron chi connectivity index (χ0n) is 11.7. The summed E-state index contributed by atoms with van der Waals surface area (Å²) in [6, 6.07) is 11.5. The maximum Gasteiger partial charge on any atom is 0.143 e. The molecule has 108 valence electrons. The van der Waals surface area contributed by atoms with Gasteiger partial charge in [0.25, 0.3) is 0 Å². The summed E-state index contributed by atoms with van der Waals surface area (Å²) in [5.41, 5.74) is 7.36. The first-order valence-corrected chi connectivity index (χ1v) is 6.63. The maximum atomic E-state index is 13.6. The van der Waals surface area contributed by atoms with Crippen LogP contribution >= 0.6 is 0 Å². The molecule has 0 aliphatic carbocycles. The monoisotopic (exact) mass is 285 g/mol. The van der Waals surface area contributed by atoms with E-state index in [9.17, 15) is 4.39 Å². The van der Waals surface area contributed by atoms with Crippen LogP contribution in [0.15, 0.2) is 36.4 Å². The quantitative estimate of drug-likeness (QED) is 0.819. The molecule has 0 bridgehead atoms. The third kappa shape index (κ3) is 3.63. The SMILES string of the molecule is CCCOc1cc(N)cc(Nc2cccc(F)c2C#N)c1. The van der Waals surface area contributed by atoms with Crippen LogP contribution in [0.4, 0.5) is 21.5 Å². The number of nitrogens with zero attached hydrogens (tertiary/aromatic N) is 1. The number of rotatable bonds is 5.